The van der Waals surface area contributed by atoms with Gasteiger partial charge in [0.05, 0.1) is 19.8 Å². The molecule has 6 nitrogen and oxygen atoms in total. The molecule has 0 bridgehead atoms. The Labute approximate surface area is 125 Å². The van der Waals surface area contributed by atoms with E-state index in [-0.39, 0.29) is 44.3 Å². The molecule has 90 valence electrons. The first-order chi connectivity index (χ1) is 6.69. The molecule has 0 rings (SSSR count). The van der Waals surface area contributed by atoms with Crippen molar-refractivity contribution >= 4 is 13.8 Å². The molecule has 0 saturated heterocycles. The van der Waals surface area contributed by atoms with Gasteiger partial charge in [0.2, 0.25) is 0 Å². The summed E-state index contributed by atoms with van der Waals surface area (Å²) in [7, 11) is -4.96. The van der Waals surface area contributed by atoms with Gasteiger partial charge in [-0.05, 0) is 20.3 Å². The van der Waals surface area contributed by atoms with Crippen LogP contribution in [-0.4, -0.2) is 19.2 Å². The van der Waals surface area contributed by atoms with Gasteiger partial charge in [0, 0.05) is 0 Å². The molecule has 0 saturated carbocycles. The molecule has 0 atom stereocenters. The fourth-order valence-electron chi connectivity index (χ4n) is 0.623. The first-order valence-electron chi connectivity index (χ1n) is 4.53. The van der Waals surface area contributed by atoms with E-state index in [4.69, 9.17) is 4.74 Å². The van der Waals surface area contributed by atoms with Crippen molar-refractivity contribution in [1.82, 2.24) is 0 Å². The number of hydrogen-bond acceptors (Lipinski definition) is 6. The zero-order valence-electron chi connectivity index (χ0n) is 11.0. The Morgan fingerprint density at radius 2 is 1.71 bits per heavy atom. The summed E-state index contributed by atoms with van der Waals surface area (Å²) in [6.45, 7) is 4.58. The summed E-state index contributed by atoms with van der Waals surface area (Å²) in [6, 6.07) is 0. The second-order valence-electron chi connectivity index (χ2n) is 3.65. The first kappa shape index (κ1) is 22.9. The van der Waals surface area contributed by atoms with Crippen LogP contribution < -0.4 is 47.5 Å². The minimum Gasteiger partial charge on any atom is -0.790 e. The van der Waals surface area contributed by atoms with Crippen LogP contribution in [0.1, 0.15) is 27.2 Å². The van der Waals surface area contributed by atoms with E-state index in [1.165, 1.54) is 0 Å². The SMILES string of the molecule is CCC(C)(C)C(=O)OCCOP(=O)([O-])[O-].[Li+].[Li+]. The van der Waals surface area contributed by atoms with Crippen LogP contribution in [0.2, 0.25) is 0 Å². The molecule has 0 aromatic carbocycles. The Morgan fingerprint density at radius 3 is 2.06 bits per heavy atom. The molecule has 0 spiro atoms. The van der Waals surface area contributed by atoms with E-state index < -0.39 is 25.8 Å². The van der Waals surface area contributed by atoms with Crippen LogP contribution in [0.4, 0.5) is 0 Å². The Morgan fingerprint density at radius 1 is 1.24 bits per heavy atom. The van der Waals surface area contributed by atoms with Crippen LogP contribution in [0.15, 0.2) is 0 Å². The Balaban J connectivity index is -0.000000980. The van der Waals surface area contributed by atoms with Gasteiger partial charge in [-0.15, -0.1) is 0 Å². The van der Waals surface area contributed by atoms with Gasteiger partial charge < -0.3 is 23.6 Å². The maximum atomic E-state index is 11.3. The van der Waals surface area contributed by atoms with Gasteiger partial charge in [0.1, 0.15) is 6.61 Å². The van der Waals surface area contributed by atoms with E-state index in [0.29, 0.717) is 6.42 Å². The predicted octanol–water partition coefficient (Wildman–Crippen LogP) is -6.18. The van der Waals surface area contributed by atoms with Crippen molar-refractivity contribution in [3.05, 3.63) is 0 Å². The van der Waals surface area contributed by atoms with Gasteiger partial charge in [-0.2, -0.15) is 0 Å². The monoisotopic (exact) mass is 252 g/mol. The minimum atomic E-state index is -4.96. The third-order valence-corrected chi connectivity index (χ3v) is 2.50. The molecule has 0 amide bonds. The van der Waals surface area contributed by atoms with E-state index in [9.17, 15) is 19.1 Å². The van der Waals surface area contributed by atoms with Crippen molar-refractivity contribution in [2.45, 2.75) is 27.2 Å². The molecule has 0 aromatic heterocycles. The molecule has 9 heteroatoms. The predicted molar refractivity (Wildman–Crippen MR) is 48.6 cm³/mol. The van der Waals surface area contributed by atoms with Crippen LogP contribution >= 0.6 is 7.82 Å². The number of ether oxygens (including phenoxy) is 1. The van der Waals surface area contributed by atoms with E-state index in [0.717, 1.165) is 0 Å². The number of carbonyl (C=O) groups is 1. The van der Waals surface area contributed by atoms with E-state index in [1.54, 1.807) is 13.8 Å². The molecule has 0 aliphatic rings. The summed E-state index contributed by atoms with van der Waals surface area (Å²) in [5.41, 5.74) is -0.612. The number of phosphoric ester groups is 1. The zero-order chi connectivity index (χ0) is 12.1. The van der Waals surface area contributed by atoms with Crippen molar-refractivity contribution in [1.29, 1.82) is 0 Å². The number of esters is 1. The van der Waals surface area contributed by atoms with E-state index >= 15 is 0 Å². The molecular formula is C8H15Li2O6P. The third kappa shape index (κ3) is 11.6. The molecule has 0 N–H and O–H groups in total. The third-order valence-electron chi connectivity index (χ3n) is 2.00. The van der Waals surface area contributed by atoms with Crippen LogP contribution in [0, 0.1) is 5.41 Å². The minimum absolute atomic E-state index is 0. The standard InChI is InChI=1S/C8H17O6P.2Li/c1-4-8(2,3)7(9)13-5-6-14-15(10,11)12;;/h4-6H2,1-3H3,(H2,10,11,12);;/q;2*+1/p-2. The number of rotatable bonds is 6. The normalized spacial score (nSPS) is 11.1. The van der Waals surface area contributed by atoms with E-state index in [2.05, 4.69) is 4.52 Å². The topological polar surface area (TPSA) is 98.7 Å². The average Bonchev–Trinajstić information content (AvgIpc) is 2.10. The Kier molecular flexibility index (Phi) is 13.0. The zero-order valence-corrected chi connectivity index (χ0v) is 11.9. The van der Waals surface area contributed by atoms with Crippen LogP contribution in [0.5, 0.6) is 0 Å². The maximum Gasteiger partial charge on any atom is 1.00 e. The van der Waals surface area contributed by atoms with Gasteiger partial charge >= 0.3 is 43.7 Å². The summed E-state index contributed by atoms with van der Waals surface area (Å²) in [6.07, 6.45) is 0.605. The summed E-state index contributed by atoms with van der Waals surface area (Å²) in [4.78, 5) is 31.4. The average molecular weight is 252 g/mol. The van der Waals surface area contributed by atoms with Crippen LogP contribution in [-0.2, 0) is 18.6 Å². The van der Waals surface area contributed by atoms with Gasteiger partial charge in [-0.25, -0.2) is 0 Å². The van der Waals surface area contributed by atoms with Crippen molar-refractivity contribution in [3.8, 4) is 0 Å². The molecule has 0 aliphatic carbocycles. The smallest absolute Gasteiger partial charge is 0.790 e. The Bertz CT molecular complexity index is 265. The summed E-state index contributed by atoms with van der Waals surface area (Å²) in [5, 5.41) is 0. The first-order valence-corrected chi connectivity index (χ1v) is 5.99. The fourth-order valence-corrected chi connectivity index (χ4v) is 0.921. The largest absolute Gasteiger partial charge is 1.00 e. The molecule has 0 heterocycles. The fraction of sp³-hybridized carbons (Fsp3) is 0.875. The maximum absolute atomic E-state index is 11.3. The van der Waals surface area contributed by atoms with Crippen LogP contribution in [0.3, 0.4) is 0 Å². The molecule has 0 unspecified atom stereocenters. The number of phosphoric acid groups is 1. The molecule has 0 radical (unpaired) electrons. The second-order valence-corrected chi connectivity index (χ2v) is 4.81. The van der Waals surface area contributed by atoms with Crippen LogP contribution in [0.25, 0.3) is 0 Å². The van der Waals surface area contributed by atoms with Crippen molar-refractivity contribution in [2.24, 2.45) is 5.41 Å². The van der Waals surface area contributed by atoms with Crippen molar-refractivity contribution in [3.63, 3.8) is 0 Å². The molecule has 0 aliphatic heterocycles. The summed E-state index contributed by atoms with van der Waals surface area (Å²) in [5.74, 6) is -0.444. The molecule has 17 heavy (non-hydrogen) atoms. The van der Waals surface area contributed by atoms with Gasteiger partial charge in [0.15, 0.2) is 0 Å². The van der Waals surface area contributed by atoms with Gasteiger partial charge in [0.25, 0.3) is 0 Å². The molecule has 0 aromatic rings. The quantitative estimate of drug-likeness (QED) is 0.202. The van der Waals surface area contributed by atoms with Crippen molar-refractivity contribution in [2.75, 3.05) is 13.2 Å². The van der Waals surface area contributed by atoms with Gasteiger partial charge in [-0.3, -0.25) is 4.79 Å². The van der Waals surface area contributed by atoms with Gasteiger partial charge in [-0.1, -0.05) is 6.92 Å². The molecular weight excluding hydrogens is 237 g/mol. The van der Waals surface area contributed by atoms with Crippen molar-refractivity contribution < 1.29 is 66.1 Å². The molecule has 0 fully saturated rings. The summed E-state index contributed by atoms with van der Waals surface area (Å²) < 4.78 is 18.7. The number of carbonyl (C=O) groups excluding carboxylic acids is 1. The second kappa shape index (κ2) is 9.67. The number of hydrogen-bond donors (Lipinski definition) is 0. The Hall–Kier alpha value is 0.775. The van der Waals surface area contributed by atoms with E-state index in [1.807, 2.05) is 6.92 Å². The summed E-state index contributed by atoms with van der Waals surface area (Å²) >= 11 is 0.